The molecule has 0 radical (unpaired) electrons. The number of thioether (sulfide) groups is 1. The summed E-state index contributed by atoms with van der Waals surface area (Å²) in [5.41, 5.74) is 5.15. The number of aromatic nitrogens is 3. The molecule has 37 heavy (non-hydrogen) atoms. The van der Waals surface area contributed by atoms with Gasteiger partial charge in [-0.2, -0.15) is 4.98 Å². The van der Waals surface area contributed by atoms with E-state index in [9.17, 15) is 9.18 Å². The minimum Gasteiger partial charge on any atom is -0.489 e. The third kappa shape index (κ3) is 5.44. The second-order valence-electron chi connectivity index (χ2n) is 9.01. The van der Waals surface area contributed by atoms with Gasteiger partial charge in [0.15, 0.2) is 5.78 Å². The molecule has 4 aromatic rings. The maximum absolute atomic E-state index is 14.1. The van der Waals surface area contributed by atoms with E-state index in [2.05, 4.69) is 41.5 Å². The van der Waals surface area contributed by atoms with Crippen LogP contribution in [0.1, 0.15) is 42.1 Å². The van der Waals surface area contributed by atoms with Crippen LogP contribution in [0, 0.1) is 12.7 Å². The topological polar surface area (TPSA) is 69.0 Å². The molecule has 1 unspecified atom stereocenters. The zero-order valence-electron chi connectivity index (χ0n) is 20.9. The second kappa shape index (κ2) is 10.6. The first-order valence-corrected chi connectivity index (χ1v) is 13.0. The normalized spacial score (nSPS) is 14.8. The van der Waals surface area contributed by atoms with Gasteiger partial charge in [0.25, 0.3) is 0 Å². The standard InChI is InChI=1S/C29H27FN4O2S/c1-18-8-10-21(11-9-18)16-36-24-14-12-22(13-15-24)27-26(20(3)35)19(2)31-28-32-29(33-34(27)28)37-17-23-6-4-5-7-25(23)30/h4-15,27H,16-17H2,1-3H3,(H,31,32,33). The minimum absolute atomic E-state index is 0.0450. The molecule has 0 aliphatic carbocycles. The molecule has 1 aromatic heterocycles. The SMILES string of the molecule is CC(=O)C1=C(C)Nc2nc(SCc3ccccc3F)nn2C1c1ccc(OCc2ccc(C)cc2)cc1. The number of rotatable bonds is 8. The van der Waals surface area contributed by atoms with Crippen molar-refractivity contribution < 1.29 is 13.9 Å². The molecule has 0 bridgehead atoms. The molecule has 1 aliphatic rings. The van der Waals surface area contributed by atoms with Crippen molar-refractivity contribution in [2.45, 2.75) is 44.3 Å². The van der Waals surface area contributed by atoms with Crippen molar-refractivity contribution in [3.05, 3.63) is 112 Å². The Morgan fingerprint density at radius 3 is 2.49 bits per heavy atom. The predicted octanol–water partition coefficient (Wildman–Crippen LogP) is 6.47. The monoisotopic (exact) mass is 514 g/mol. The molecule has 3 aromatic carbocycles. The molecule has 0 saturated heterocycles. The summed E-state index contributed by atoms with van der Waals surface area (Å²) in [6, 6.07) is 22.2. The van der Waals surface area contributed by atoms with Crippen molar-refractivity contribution in [1.82, 2.24) is 14.8 Å². The number of nitrogens with one attached hydrogen (secondary N) is 1. The Bertz CT molecular complexity index is 1460. The Balaban J connectivity index is 1.38. The zero-order valence-corrected chi connectivity index (χ0v) is 21.7. The summed E-state index contributed by atoms with van der Waals surface area (Å²) in [4.78, 5) is 17.3. The van der Waals surface area contributed by atoms with Gasteiger partial charge in [-0.3, -0.25) is 4.79 Å². The lowest BCUT2D eigenvalue weighted by atomic mass is 9.93. The van der Waals surface area contributed by atoms with Crippen molar-refractivity contribution in [1.29, 1.82) is 0 Å². The Morgan fingerprint density at radius 1 is 1.05 bits per heavy atom. The number of fused-ring (bicyclic) bond motifs is 1. The summed E-state index contributed by atoms with van der Waals surface area (Å²) in [5.74, 6) is 1.39. The summed E-state index contributed by atoms with van der Waals surface area (Å²) in [6.07, 6.45) is 0. The number of nitrogens with zero attached hydrogens (tertiary/aromatic N) is 3. The van der Waals surface area contributed by atoms with Crippen LogP contribution in [0.2, 0.25) is 0 Å². The van der Waals surface area contributed by atoms with E-state index in [4.69, 9.17) is 9.84 Å². The number of hydrogen-bond acceptors (Lipinski definition) is 6. The zero-order chi connectivity index (χ0) is 25.9. The van der Waals surface area contributed by atoms with Crippen LogP contribution in [0.5, 0.6) is 5.75 Å². The summed E-state index contributed by atoms with van der Waals surface area (Å²) >= 11 is 1.35. The molecular formula is C29H27FN4O2S. The molecule has 0 amide bonds. The maximum atomic E-state index is 14.1. The number of aryl methyl sites for hydroxylation is 1. The van der Waals surface area contributed by atoms with Crippen LogP contribution < -0.4 is 10.1 Å². The maximum Gasteiger partial charge on any atom is 0.227 e. The first kappa shape index (κ1) is 24.8. The number of ketones is 1. The summed E-state index contributed by atoms with van der Waals surface area (Å²) in [6.45, 7) is 5.96. The molecular weight excluding hydrogens is 487 g/mol. The highest BCUT2D eigenvalue weighted by molar-refractivity contribution is 7.98. The van der Waals surface area contributed by atoms with E-state index >= 15 is 0 Å². The number of allylic oxidation sites excluding steroid dienone is 2. The van der Waals surface area contributed by atoms with Gasteiger partial charge in [0.05, 0.1) is 0 Å². The van der Waals surface area contributed by atoms with Gasteiger partial charge < -0.3 is 10.1 Å². The fraction of sp³-hybridized carbons (Fsp3) is 0.207. The van der Waals surface area contributed by atoms with E-state index in [0.29, 0.717) is 34.6 Å². The van der Waals surface area contributed by atoms with Crippen LogP contribution >= 0.6 is 11.8 Å². The molecule has 188 valence electrons. The fourth-order valence-electron chi connectivity index (χ4n) is 4.31. The van der Waals surface area contributed by atoms with Crippen LogP contribution in [-0.4, -0.2) is 20.5 Å². The molecule has 1 N–H and O–H groups in total. The molecule has 6 nitrogen and oxygen atoms in total. The number of carbonyl (C=O) groups is 1. The Kier molecular flexibility index (Phi) is 7.10. The lowest BCUT2D eigenvalue weighted by molar-refractivity contribution is -0.114. The highest BCUT2D eigenvalue weighted by Crippen LogP contribution is 2.37. The van der Waals surface area contributed by atoms with E-state index in [1.165, 1.54) is 23.4 Å². The van der Waals surface area contributed by atoms with Crippen molar-refractivity contribution >= 4 is 23.5 Å². The quantitative estimate of drug-likeness (QED) is 0.272. The van der Waals surface area contributed by atoms with E-state index < -0.39 is 6.04 Å². The van der Waals surface area contributed by atoms with Gasteiger partial charge in [-0.25, -0.2) is 9.07 Å². The van der Waals surface area contributed by atoms with Gasteiger partial charge in [-0.05, 0) is 55.7 Å². The number of Topliss-reactive ketones (excluding diaryl/α,β-unsaturated/α-hetero) is 1. The van der Waals surface area contributed by atoms with Gasteiger partial charge in [0, 0.05) is 17.0 Å². The lowest BCUT2D eigenvalue weighted by Gasteiger charge is -2.28. The van der Waals surface area contributed by atoms with Crippen LogP contribution in [-0.2, 0) is 17.2 Å². The summed E-state index contributed by atoms with van der Waals surface area (Å²) in [7, 11) is 0. The average molecular weight is 515 g/mol. The number of benzene rings is 3. The van der Waals surface area contributed by atoms with Gasteiger partial charge in [-0.1, -0.05) is 71.9 Å². The summed E-state index contributed by atoms with van der Waals surface area (Å²) < 4.78 is 21.8. The Labute approximate surface area is 219 Å². The number of anilines is 1. The van der Waals surface area contributed by atoms with E-state index in [1.807, 2.05) is 37.3 Å². The second-order valence-corrected chi connectivity index (χ2v) is 9.95. The number of halogens is 1. The molecule has 2 heterocycles. The highest BCUT2D eigenvalue weighted by atomic mass is 32.2. The van der Waals surface area contributed by atoms with Crippen LogP contribution in [0.3, 0.4) is 0 Å². The van der Waals surface area contributed by atoms with Gasteiger partial charge >= 0.3 is 0 Å². The number of ether oxygens (including phenoxy) is 1. The average Bonchev–Trinajstić information content (AvgIpc) is 3.29. The smallest absolute Gasteiger partial charge is 0.227 e. The largest absolute Gasteiger partial charge is 0.489 e. The first-order chi connectivity index (χ1) is 17.9. The van der Waals surface area contributed by atoms with E-state index in [-0.39, 0.29) is 11.6 Å². The van der Waals surface area contributed by atoms with Crippen molar-refractivity contribution in [2.75, 3.05) is 5.32 Å². The van der Waals surface area contributed by atoms with Crippen molar-refractivity contribution in [3.63, 3.8) is 0 Å². The van der Waals surface area contributed by atoms with Gasteiger partial charge in [0.2, 0.25) is 11.1 Å². The van der Waals surface area contributed by atoms with Crippen molar-refractivity contribution in [2.24, 2.45) is 0 Å². The third-order valence-electron chi connectivity index (χ3n) is 6.25. The molecule has 1 atom stereocenters. The minimum atomic E-state index is -0.435. The van der Waals surface area contributed by atoms with Crippen LogP contribution in [0.25, 0.3) is 0 Å². The molecule has 5 rings (SSSR count). The van der Waals surface area contributed by atoms with E-state index in [1.54, 1.807) is 23.7 Å². The fourth-order valence-corrected chi connectivity index (χ4v) is 5.13. The molecule has 1 aliphatic heterocycles. The van der Waals surface area contributed by atoms with Crippen molar-refractivity contribution in [3.8, 4) is 5.75 Å². The molecule has 0 fully saturated rings. The molecule has 8 heteroatoms. The van der Waals surface area contributed by atoms with E-state index in [0.717, 1.165) is 22.6 Å². The van der Waals surface area contributed by atoms with Crippen LogP contribution in [0.4, 0.5) is 10.3 Å². The van der Waals surface area contributed by atoms with Gasteiger partial charge in [0.1, 0.15) is 24.2 Å². The highest BCUT2D eigenvalue weighted by Gasteiger charge is 2.32. The number of hydrogen-bond donors (Lipinski definition) is 1. The Morgan fingerprint density at radius 2 is 1.78 bits per heavy atom. The predicted molar refractivity (Wildman–Crippen MR) is 143 cm³/mol. The first-order valence-electron chi connectivity index (χ1n) is 12.0. The number of carbonyl (C=O) groups excluding carboxylic acids is 1. The third-order valence-corrected chi connectivity index (χ3v) is 7.14. The summed E-state index contributed by atoms with van der Waals surface area (Å²) in [5, 5.41) is 8.41. The van der Waals surface area contributed by atoms with Gasteiger partial charge in [-0.15, -0.1) is 5.10 Å². The Hall–Kier alpha value is -3.91. The lowest BCUT2D eigenvalue weighted by Crippen LogP contribution is -2.27. The molecule has 0 spiro atoms. The van der Waals surface area contributed by atoms with Crippen LogP contribution in [0.15, 0.2) is 89.2 Å². The molecule has 0 saturated carbocycles.